The van der Waals surface area contributed by atoms with Gasteiger partial charge in [0.05, 0.1) is 6.42 Å². The van der Waals surface area contributed by atoms with E-state index in [0.29, 0.717) is 12.1 Å². The first-order valence-corrected chi connectivity index (χ1v) is 7.81. The van der Waals surface area contributed by atoms with Crippen LogP contribution in [0.1, 0.15) is 39.5 Å². The zero-order chi connectivity index (χ0) is 17.2. The molecule has 0 atom stereocenters. The molecule has 126 valence electrons. The van der Waals surface area contributed by atoms with Gasteiger partial charge in [-0.1, -0.05) is 13.3 Å². The van der Waals surface area contributed by atoms with E-state index in [2.05, 4.69) is 15.8 Å². The number of unbranched alkanes of at least 4 members (excludes halogenated alkanes) is 1. The number of nitrogens with zero attached hydrogens (tertiary/aromatic N) is 2. The lowest BCUT2D eigenvalue weighted by molar-refractivity contribution is -0.121. The average molecular weight is 318 g/mol. The molecule has 0 aliphatic rings. The second-order valence-corrected chi connectivity index (χ2v) is 5.65. The third-order valence-corrected chi connectivity index (χ3v) is 3.21. The minimum Gasteiger partial charge on any atom is -0.378 e. The predicted molar refractivity (Wildman–Crippen MR) is 94.8 cm³/mol. The van der Waals surface area contributed by atoms with Crippen molar-refractivity contribution in [2.75, 3.05) is 24.3 Å². The van der Waals surface area contributed by atoms with Gasteiger partial charge in [0.2, 0.25) is 11.8 Å². The number of hydrogen-bond donors (Lipinski definition) is 2. The summed E-state index contributed by atoms with van der Waals surface area (Å²) in [5.41, 5.74) is 4.84. The second-order valence-electron chi connectivity index (χ2n) is 5.65. The Kier molecular flexibility index (Phi) is 7.80. The van der Waals surface area contributed by atoms with Gasteiger partial charge in [-0.3, -0.25) is 9.59 Å². The van der Waals surface area contributed by atoms with Crippen LogP contribution in [-0.4, -0.2) is 31.6 Å². The Labute approximate surface area is 137 Å². The summed E-state index contributed by atoms with van der Waals surface area (Å²) < 4.78 is 0. The van der Waals surface area contributed by atoms with Crippen molar-refractivity contribution < 1.29 is 9.59 Å². The molecule has 1 aromatic rings. The smallest absolute Gasteiger partial charge is 0.240 e. The van der Waals surface area contributed by atoms with Crippen LogP contribution in [0.5, 0.6) is 0 Å². The molecule has 6 nitrogen and oxygen atoms in total. The minimum absolute atomic E-state index is 0.120. The van der Waals surface area contributed by atoms with Crippen molar-refractivity contribution in [3.05, 3.63) is 24.3 Å². The zero-order valence-corrected chi connectivity index (χ0v) is 14.3. The highest BCUT2D eigenvalue weighted by atomic mass is 16.2. The molecular weight excluding hydrogens is 292 g/mol. The summed E-state index contributed by atoms with van der Waals surface area (Å²) in [5.74, 6) is -0.280. The van der Waals surface area contributed by atoms with Gasteiger partial charge in [-0.05, 0) is 37.6 Å². The van der Waals surface area contributed by atoms with Gasteiger partial charge in [-0.25, -0.2) is 5.43 Å². The van der Waals surface area contributed by atoms with Gasteiger partial charge in [-0.15, -0.1) is 0 Å². The molecule has 1 aromatic carbocycles. The van der Waals surface area contributed by atoms with Crippen molar-refractivity contribution >= 4 is 28.9 Å². The fraction of sp³-hybridized carbons (Fsp3) is 0.471. The number of benzene rings is 1. The molecule has 0 heterocycles. The summed E-state index contributed by atoms with van der Waals surface area (Å²) in [7, 11) is 3.92. The summed E-state index contributed by atoms with van der Waals surface area (Å²) in [6, 6.07) is 7.58. The molecule has 0 aliphatic carbocycles. The molecule has 0 fully saturated rings. The lowest BCUT2D eigenvalue weighted by atomic mass is 10.2. The lowest BCUT2D eigenvalue weighted by Gasteiger charge is -2.13. The molecule has 23 heavy (non-hydrogen) atoms. The quantitative estimate of drug-likeness (QED) is 0.572. The predicted octanol–water partition coefficient (Wildman–Crippen LogP) is 2.76. The standard InChI is InChI=1S/C17H26N4O2/c1-5-6-7-16(22)20-19-13(2)12-17(23)18-14-8-10-15(11-9-14)21(3)4/h8-11H,5-7,12H2,1-4H3,(H,18,23)(H,20,22)/b19-13+. The SMILES string of the molecule is CCCCC(=O)N/N=C(\C)CC(=O)Nc1ccc(N(C)C)cc1. The topological polar surface area (TPSA) is 73.8 Å². The summed E-state index contributed by atoms with van der Waals surface area (Å²) >= 11 is 0. The van der Waals surface area contributed by atoms with Crippen molar-refractivity contribution in [3.63, 3.8) is 0 Å². The molecule has 2 amide bonds. The van der Waals surface area contributed by atoms with Crippen LogP contribution in [0.2, 0.25) is 0 Å². The Balaban J connectivity index is 2.44. The van der Waals surface area contributed by atoms with Crippen LogP contribution >= 0.6 is 0 Å². The van der Waals surface area contributed by atoms with E-state index in [4.69, 9.17) is 0 Å². The number of nitrogens with one attached hydrogen (secondary N) is 2. The molecule has 6 heteroatoms. The van der Waals surface area contributed by atoms with Gasteiger partial charge in [0.15, 0.2) is 0 Å². The number of carbonyl (C=O) groups excluding carboxylic acids is 2. The number of carbonyl (C=O) groups is 2. The summed E-state index contributed by atoms with van der Waals surface area (Å²) in [4.78, 5) is 25.4. The van der Waals surface area contributed by atoms with Crippen molar-refractivity contribution in [3.8, 4) is 0 Å². The summed E-state index contributed by atoms with van der Waals surface area (Å²) in [6.07, 6.45) is 2.40. The van der Waals surface area contributed by atoms with Crippen molar-refractivity contribution in [1.82, 2.24) is 5.43 Å². The molecule has 0 saturated heterocycles. The summed E-state index contributed by atoms with van der Waals surface area (Å²) in [6.45, 7) is 3.74. The van der Waals surface area contributed by atoms with E-state index in [1.54, 1.807) is 6.92 Å². The van der Waals surface area contributed by atoms with Crippen molar-refractivity contribution in [1.29, 1.82) is 0 Å². The molecule has 0 radical (unpaired) electrons. The molecular formula is C17H26N4O2. The van der Waals surface area contributed by atoms with Crippen molar-refractivity contribution in [2.24, 2.45) is 5.10 Å². The van der Waals surface area contributed by atoms with E-state index in [-0.39, 0.29) is 18.2 Å². The monoisotopic (exact) mass is 318 g/mol. The van der Waals surface area contributed by atoms with E-state index < -0.39 is 0 Å². The van der Waals surface area contributed by atoms with Gasteiger partial charge in [0, 0.05) is 37.6 Å². The third-order valence-electron chi connectivity index (χ3n) is 3.21. The molecule has 1 rings (SSSR count). The molecule has 0 saturated carbocycles. The molecule has 0 spiro atoms. The lowest BCUT2D eigenvalue weighted by Crippen LogP contribution is -2.21. The van der Waals surface area contributed by atoms with Gasteiger partial charge in [-0.2, -0.15) is 5.10 Å². The maximum atomic E-state index is 11.9. The second kappa shape index (κ2) is 9.61. The fourth-order valence-corrected chi connectivity index (χ4v) is 1.87. The third kappa shape index (κ3) is 7.44. The van der Waals surface area contributed by atoms with E-state index >= 15 is 0 Å². The Morgan fingerprint density at radius 3 is 2.35 bits per heavy atom. The van der Waals surface area contributed by atoms with Gasteiger partial charge in [0.25, 0.3) is 0 Å². The number of rotatable bonds is 8. The highest BCUT2D eigenvalue weighted by molar-refractivity contribution is 6.05. The van der Waals surface area contributed by atoms with Crippen LogP contribution in [0.15, 0.2) is 29.4 Å². The maximum Gasteiger partial charge on any atom is 0.240 e. The van der Waals surface area contributed by atoms with E-state index in [1.165, 1.54) is 0 Å². The van der Waals surface area contributed by atoms with Crippen LogP contribution < -0.4 is 15.6 Å². The Hall–Kier alpha value is -2.37. The fourth-order valence-electron chi connectivity index (χ4n) is 1.87. The number of amides is 2. The Bertz CT molecular complexity index is 550. The van der Waals surface area contributed by atoms with Gasteiger partial charge in [0.1, 0.15) is 0 Å². The number of anilines is 2. The first-order valence-electron chi connectivity index (χ1n) is 7.81. The van der Waals surface area contributed by atoms with Gasteiger partial charge < -0.3 is 10.2 Å². The first kappa shape index (κ1) is 18.7. The molecule has 2 N–H and O–H groups in total. The van der Waals surface area contributed by atoms with Crippen LogP contribution in [0.4, 0.5) is 11.4 Å². The zero-order valence-electron chi connectivity index (χ0n) is 14.3. The van der Waals surface area contributed by atoms with E-state index in [1.807, 2.05) is 50.2 Å². The van der Waals surface area contributed by atoms with Crippen LogP contribution in [0, 0.1) is 0 Å². The van der Waals surface area contributed by atoms with E-state index in [0.717, 1.165) is 24.2 Å². The molecule has 0 aliphatic heterocycles. The van der Waals surface area contributed by atoms with Crippen LogP contribution in [-0.2, 0) is 9.59 Å². The highest BCUT2D eigenvalue weighted by Crippen LogP contribution is 2.15. The number of hydrazone groups is 1. The number of hydrogen-bond acceptors (Lipinski definition) is 4. The summed E-state index contributed by atoms with van der Waals surface area (Å²) in [5, 5.41) is 6.76. The van der Waals surface area contributed by atoms with Crippen LogP contribution in [0.25, 0.3) is 0 Å². The molecule has 0 bridgehead atoms. The highest BCUT2D eigenvalue weighted by Gasteiger charge is 2.06. The molecule has 0 unspecified atom stereocenters. The average Bonchev–Trinajstić information content (AvgIpc) is 2.51. The maximum absolute atomic E-state index is 11.9. The molecule has 0 aromatic heterocycles. The van der Waals surface area contributed by atoms with Crippen LogP contribution in [0.3, 0.4) is 0 Å². The Morgan fingerprint density at radius 1 is 1.13 bits per heavy atom. The first-order chi connectivity index (χ1) is 10.9. The Morgan fingerprint density at radius 2 is 1.78 bits per heavy atom. The van der Waals surface area contributed by atoms with Crippen molar-refractivity contribution in [2.45, 2.75) is 39.5 Å². The largest absolute Gasteiger partial charge is 0.378 e. The normalized spacial score (nSPS) is 11.0. The van der Waals surface area contributed by atoms with Gasteiger partial charge >= 0.3 is 0 Å². The van der Waals surface area contributed by atoms with E-state index in [9.17, 15) is 9.59 Å². The minimum atomic E-state index is -0.160.